The highest BCUT2D eigenvalue weighted by Gasteiger charge is 2.43. The largest absolute Gasteiger partial charge is 0.351 e. The van der Waals surface area contributed by atoms with Crippen molar-refractivity contribution in [3.05, 3.63) is 59.4 Å². The number of carbonyl (C=O) groups is 1. The monoisotopic (exact) mass is 449 g/mol. The van der Waals surface area contributed by atoms with Gasteiger partial charge in [0.25, 0.3) is 0 Å². The number of nitrogens with one attached hydrogen (secondary N) is 1. The van der Waals surface area contributed by atoms with E-state index in [4.69, 9.17) is 0 Å². The Kier molecular flexibility index (Phi) is 6.07. The van der Waals surface area contributed by atoms with Crippen LogP contribution in [0.25, 0.3) is 0 Å². The average Bonchev–Trinajstić information content (AvgIpc) is 3.09. The molecule has 9 heteroatoms. The minimum Gasteiger partial charge on any atom is -0.351 e. The number of benzene rings is 1. The van der Waals surface area contributed by atoms with Crippen LogP contribution in [0.5, 0.6) is 0 Å². The van der Waals surface area contributed by atoms with E-state index in [9.17, 15) is 22.0 Å². The summed E-state index contributed by atoms with van der Waals surface area (Å²) in [7, 11) is -3.98. The third-order valence-electron chi connectivity index (χ3n) is 6.22. The summed E-state index contributed by atoms with van der Waals surface area (Å²) in [6.45, 7) is 1.70. The van der Waals surface area contributed by atoms with Crippen LogP contribution in [0.3, 0.4) is 0 Å². The molecule has 4 rings (SSSR count). The van der Waals surface area contributed by atoms with E-state index in [0.29, 0.717) is 24.3 Å². The van der Waals surface area contributed by atoms with Gasteiger partial charge in [-0.05, 0) is 62.9 Å². The first kappa shape index (κ1) is 21.8. The Morgan fingerprint density at radius 1 is 1.16 bits per heavy atom. The molecule has 2 atom stereocenters. The molecule has 0 spiro atoms. The van der Waals surface area contributed by atoms with Gasteiger partial charge in [-0.25, -0.2) is 17.2 Å². The molecular weight excluding hydrogens is 424 g/mol. The standard InChI is InChI=1S/C22H25F2N3O3S/c1-14-5-10-21(27(14)31(29,30)18-8-6-17(23)7-9-18)22(28)26-12-16-11-20(15-3-2-4-15)25-13-19(16)24/h6-9,11,13-15,21H,2-5,10,12H2,1H3,(H,26,28)/t14-,21-/m0/s1. The molecular formula is C22H25F2N3O3S. The number of aromatic nitrogens is 1. The number of hydrogen-bond donors (Lipinski definition) is 1. The van der Waals surface area contributed by atoms with E-state index < -0.39 is 33.6 Å². The maximum atomic E-state index is 14.2. The van der Waals surface area contributed by atoms with Crippen LogP contribution in [0.4, 0.5) is 8.78 Å². The summed E-state index contributed by atoms with van der Waals surface area (Å²) in [4.78, 5) is 17.0. The molecule has 1 amide bonds. The molecule has 1 aliphatic heterocycles. The van der Waals surface area contributed by atoms with E-state index in [1.807, 2.05) is 0 Å². The lowest BCUT2D eigenvalue weighted by Crippen LogP contribution is -2.48. The second-order valence-corrected chi connectivity index (χ2v) is 10.1. The lowest BCUT2D eigenvalue weighted by atomic mass is 9.82. The lowest BCUT2D eigenvalue weighted by molar-refractivity contribution is -0.124. The molecule has 6 nitrogen and oxygen atoms in total. The molecule has 1 saturated heterocycles. The van der Waals surface area contributed by atoms with Gasteiger partial charge in [-0.3, -0.25) is 9.78 Å². The van der Waals surface area contributed by atoms with E-state index in [0.717, 1.165) is 37.1 Å². The quantitative estimate of drug-likeness (QED) is 0.732. The molecule has 166 valence electrons. The van der Waals surface area contributed by atoms with Crippen LogP contribution in [0.2, 0.25) is 0 Å². The molecule has 1 aliphatic carbocycles. The molecule has 0 bridgehead atoms. The van der Waals surface area contributed by atoms with E-state index in [2.05, 4.69) is 10.3 Å². The molecule has 2 aliphatic rings. The first-order chi connectivity index (χ1) is 14.8. The van der Waals surface area contributed by atoms with Crippen molar-refractivity contribution in [2.75, 3.05) is 0 Å². The maximum absolute atomic E-state index is 14.2. The molecule has 2 fully saturated rings. The zero-order chi connectivity index (χ0) is 22.2. The molecule has 2 aromatic rings. The van der Waals surface area contributed by atoms with Crippen molar-refractivity contribution < 1.29 is 22.0 Å². The van der Waals surface area contributed by atoms with Crippen molar-refractivity contribution in [3.8, 4) is 0 Å². The van der Waals surface area contributed by atoms with E-state index in [-0.39, 0.29) is 17.5 Å². The van der Waals surface area contributed by atoms with Crippen molar-refractivity contribution >= 4 is 15.9 Å². The van der Waals surface area contributed by atoms with Crippen LogP contribution < -0.4 is 5.32 Å². The number of sulfonamides is 1. The summed E-state index contributed by atoms with van der Waals surface area (Å²) in [5.74, 6) is -1.18. The van der Waals surface area contributed by atoms with Gasteiger partial charge in [0.15, 0.2) is 0 Å². The van der Waals surface area contributed by atoms with E-state index in [1.54, 1.807) is 13.0 Å². The summed E-state index contributed by atoms with van der Waals surface area (Å²) in [6.07, 6.45) is 5.25. The highest BCUT2D eigenvalue weighted by molar-refractivity contribution is 7.89. The number of pyridine rings is 1. The zero-order valence-corrected chi connectivity index (χ0v) is 18.0. The highest BCUT2D eigenvalue weighted by Crippen LogP contribution is 2.35. The summed E-state index contributed by atoms with van der Waals surface area (Å²) in [6, 6.07) is 4.94. The summed E-state index contributed by atoms with van der Waals surface area (Å²) in [5, 5.41) is 2.69. The summed E-state index contributed by atoms with van der Waals surface area (Å²) in [5.41, 5.74) is 1.16. The molecule has 1 N–H and O–H groups in total. The molecule has 0 unspecified atom stereocenters. The van der Waals surface area contributed by atoms with Crippen molar-refractivity contribution in [3.63, 3.8) is 0 Å². The van der Waals surface area contributed by atoms with Gasteiger partial charge >= 0.3 is 0 Å². The van der Waals surface area contributed by atoms with E-state index in [1.165, 1.54) is 22.6 Å². The number of nitrogens with zero attached hydrogens (tertiary/aromatic N) is 2. The van der Waals surface area contributed by atoms with Crippen LogP contribution >= 0.6 is 0 Å². The molecule has 31 heavy (non-hydrogen) atoms. The first-order valence-electron chi connectivity index (χ1n) is 10.5. The van der Waals surface area contributed by atoms with Gasteiger partial charge in [-0.15, -0.1) is 0 Å². The third kappa shape index (κ3) is 4.34. The second kappa shape index (κ2) is 8.63. The predicted molar refractivity (Wildman–Crippen MR) is 111 cm³/mol. The Morgan fingerprint density at radius 3 is 2.52 bits per heavy atom. The minimum atomic E-state index is -3.98. The highest BCUT2D eigenvalue weighted by atomic mass is 32.2. The van der Waals surface area contributed by atoms with Crippen molar-refractivity contribution in [2.24, 2.45) is 0 Å². The average molecular weight is 450 g/mol. The van der Waals surface area contributed by atoms with Crippen LogP contribution in [0.15, 0.2) is 41.4 Å². The smallest absolute Gasteiger partial charge is 0.244 e. The second-order valence-electron chi connectivity index (χ2n) is 8.28. The van der Waals surface area contributed by atoms with Gasteiger partial charge in [0.2, 0.25) is 15.9 Å². The topological polar surface area (TPSA) is 79.4 Å². The normalized spacial score (nSPS) is 22.3. The summed E-state index contributed by atoms with van der Waals surface area (Å²) >= 11 is 0. The van der Waals surface area contributed by atoms with Gasteiger partial charge in [0, 0.05) is 29.8 Å². The van der Waals surface area contributed by atoms with Gasteiger partial charge < -0.3 is 5.32 Å². The molecule has 1 aromatic heterocycles. The number of rotatable bonds is 6. The fourth-order valence-electron chi connectivity index (χ4n) is 4.20. The van der Waals surface area contributed by atoms with Gasteiger partial charge in [0.05, 0.1) is 11.1 Å². The zero-order valence-electron chi connectivity index (χ0n) is 17.2. The maximum Gasteiger partial charge on any atom is 0.244 e. The number of carbonyl (C=O) groups excluding carboxylic acids is 1. The number of amides is 1. The molecule has 1 aromatic carbocycles. The minimum absolute atomic E-state index is 0.0395. The van der Waals surface area contributed by atoms with Gasteiger partial charge in [-0.2, -0.15) is 4.31 Å². The Balaban J connectivity index is 1.49. The SMILES string of the molecule is C[C@H]1CC[C@@H](C(=O)NCc2cc(C3CCC3)ncc2F)N1S(=O)(=O)c1ccc(F)cc1. The van der Waals surface area contributed by atoms with Crippen LogP contribution in [0.1, 0.15) is 56.2 Å². The third-order valence-corrected chi connectivity index (χ3v) is 8.26. The number of hydrogen-bond acceptors (Lipinski definition) is 4. The van der Waals surface area contributed by atoms with Crippen molar-refractivity contribution in [1.82, 2.24) is 14.6 Å². The lowest BCUT2D eigenvalue weighted by Gasteiger charge is -2.27. The molecule has 1 saturated carbocycles. The Hall–Kier alpha value is -2.39. The Morgan fingerprint density at radius 2 is 1.87 bits per heavy atom. The molecule has 2 heterocycles. The van der Waals surface area contributed by atoms with Gasteiger partial charge in [-0.1, -0.05) is 6.42 Å². The van der Waals surface area contributed by atoms with Crippen LogP contribution in [0, 0.1) is 11.6 Å². The Labute approximate surface area is 180 Å². The van der Waals surface area contributed by atoms with Crippen molar-refractivity contribution in [2.45, 2.75) is 68.5 Å². The predicted octanol–water partition coefficient (Wildman–Crippen LogP) is 3.49. The Bertz CT molecular complexity index is 1070. The van der Waals surface area contributed by atoms with Crippen LogP contribution in [-0.2, 0) is 21.4 Å². The number of halogens is 2. The first-order valence-corrected chi connectivity index (χ1v) is 11.9. The van der Waals surface area contributed by atoms with Crippen molar-refractivity contribution in [1.29, 1.82) is 0 Å². The fourth-order valence-corrected chi connectivity index (χ4v) is 6.04. The van der Waals surface area contributed by atoms with Gasteiger partial charge in [0.1, 0.15) is 17.7 Å². The molecule has 0 radical (unpaired) electrons. The van der Waals surface area contributed by atoms with E-state index >= 15 is 0 Å². The summed E-state index contributed by atoms with van der Waals surface area (Å²) < 4.78 is 54.8. The van der Waals surface area contributed by atoms with Crippen LogP contribution in [-0.4, -0.2) is 35.7 Å². The fraction of sp³-hybridized carbons (Fsp3) is 0.455.